The second-order valence-corrected chi connectivity index (χ2v) is 9.09. The fourth-order valence-electron chi connectivity index (χ4n) is 4.17. The molecule has 1 aromatic heterocycles. The van der Waals surface area contributed by atoms with E-state index in [0.29, 0.717) is 40.7 Å². The predicted molar refractivity (Wildman–Crippen MR) is 137 cm³/mol. The molecule has 194 valence electrons. The molecule has 0 fully saturated rings. The molecule has 0 unspecified atom stereocenters. The molecule has 2 amide bonds. The molecule has 0 saturated carbocycles. The molecule has 9 heteroatoms. The Bertz CT molecular complexity index is 1310. The molecule has 0 spiro atoms. The van der Waals surface area contributed by atoms with Crippen molar-refractivity contribution in [2.24, 2.45) is 0 Å². The van der Waals surface area contributed by atoms with E-state index in [0.717, 1.165) is 5.56 Å². The molecule has 1 atom stereocenters. The van der Waals surface area contributed by atoms with E-state index in [9.17, 15) is 9.59 Å². The van der Waals surface area contributed by atoms with Gasteiger partial charge >= 0.3 is 0 Å². The Labute approximate surface area is 215 Å². The smallest absolute Gasteiger partial charge is 0.268 e. The molecular weight excluding hydrogens is 476 g/mol. The third-order valence-electron chi connectivity index (χ3n) is 5.95. The molecule has 4 rings (SSSR count). The molecule has 1 aliphatic rings. The maximum Gasteiger partial charge on any atom is 0.268 e. The van der Waals surface area contributed by atoms with Gasteiger partial charge in [0.1, 0.15) is 28.6 Å². The Hall–Kier alpha value is -4.40. The zero-order valence-corrected chi connectivity index (χ0v) is 21.4. The van der Waals surface area contributed by atoms with Gasteiger partial charge in [-0.2, -0.15) is 0 Å². The van der Waals surface area contributed by atoms with Crippen molar-refractivity contribution < 1.29 is 33.0 Å². The normalized spacial score (nSPS) is 16.1. The summed E-state index contributed by atoms with van der Waals surface area (Å²) in [6.07, 6.45) is 3.49. The molecule has 0 bridgehead atoms. The van der Waals surface area contributed by atoms with Gasteiger partial charge < -0.3 is 34.0 Å². The van der Waals surface area contributed by atoms with E-state index in [-0.39, 0.29) is 11.7 Å². The maximum absolute atomic E-state index is 13.5. The Kier molecular flexibility index (Phi) is 7.42. The van der Waals surface area contributed by atoms with Crippen LogP contribution in [0.25, 0.3) is 6.08 Å². The number of hydrogen-bond acceptors (Lipinski definition) is 7. The first-order chi connectivity index (χ1) is 17.7. The first kappa shape index (κ1) is 25.7. The van der Waals surface area contributed by atoms with Gasteiger partial charge in [-0.05, 0) is 56.3 Å². The van der Waals surface area contributed by atoms with Crippen molar-refractivity contribution in [3.63, 3.8) is 0 Å². The van der Waals surface area contributed by atoms with Gasteiger partial charge in [0.25, 0.3) is 11.8 Å². The van der Waals surface area contributed by atoms with Gasteiger partial charge in [0.2, 0.25) is 0 Å². The first-order valence-electron chi connectivity index (χ1n) is 11.7. The molecule has 9 nitrogen and oxygen atoms in total. The standard InChI is InChI=1S/C28H30N2O7/c1-28(2)16-22(20-10-9-18(33-3)15-24(20)37-28)30-27(32)21(14-19-7-6-12-36-19)29-26(31)17-8-11-23(34-4)25(13-17)35-5/h6-15,22H,16H2,1-5H3,(H,29,31)(H,30,32)/b21-14-/t22-/m1/s1. The maximum atomic E-state index is 13.5. The highest BCUT2D eigenvalue weighted by Gasteiger charge is 2.35. The molecular formula is C28H30N2O7. The van der Waals surface area contributed by atoms with Crippen LogP contribution in [0, 0.1) is 0 Å². The molecule has 0 aliphatic carbocycles. The Morgan fingerprint density at radius 3 is 2.46 bits per heavy atom. The largest absolute Gasteiger partial charge is 0.497 e. The lowest BCUT2D eigenvalue weighted by Crippen LogP contribution is -2.43. The van der Waals surface area contributed by atoms with Crippen LogP contribution < -0.4 is 29.6 Å². The van der Waals surface area contributed by atoms with Crippen LogP contribution in [0.3, 0.4) is 0 Å². The van der Waals surface area contributed by atoms with E-state index < -0.39 is 17.4 Å². The number of methoxy groups -OCH3 is 3. The first-order valence-corrected chi connectivity index (χ1v) is 11.7. The van der Waals surface area contributed by atoms with Crippen LogP contribution in [0.1, 0.15) is 48.0 Å². The molecule has 2 N–H and O–H groups in total. The minimum atomic E-state index is -0.537. The Balaban J connectivity index is 1.62. The van der Waals surface area contributed by atoms with Crippen LogP contribution in [0.2, 0.25) is 0 Å². The summed E-state index contributed by atoms with van der Waals surface area (Å²) in [7, 11) is 4.58. The van der Waals surface area contributed by atoms with E-state index in [1.165, 1.54) is 26.6 Å². The lowest BCUT2D eigenvalue weighted by Gasteiger charge is -2.38. The monoisotopic (exact) mass is 506 g/mol. The van der Waals surface area contributed by atoms with Crippen molar-refractivity contribution in [3.8, 4) is 23.0 Å². The minimum absolute atomic E-state index is 0.0223. The average molecular weight is 507 g/mol. The van der Waals surface area contributed by atoms with Crippen LogP contribution in [-0.2, 0) is 4.79 Å². The number of benzene rings is 2. The molecule has 2 aromatic carbocycles. The van der Waals surface area contributed by atoms with Gasteiger partial charge in [-0.3, -0.25) is 9.59 Å². The Morgan fingerprint density at radius 1 is 1.00 bits per heavy atom. The number of furan rings is 1. The van der Waals surface area contributed by atoms with Crippen molar-refractivity contribution >= 4 is 17.9 Å². The summed E-state index contributed by atoms with van der Waals surface area (Å²) in [5, 5.41) is 5.76. The highest BCUT2D eigenvalue weighted by molar-refractivity contribution is 6.05. The van der Waals surface area contributed by atoms with E-state index in [4.69, 9.17) is 23.4 Å². The minimum Gasteiger partial charge on any atom is -0.497 e. The number of fused-ring (bicyclic) bond motifs is 1. The molecule has 0 radical (unpaired) electrons. The number of nitrogens with one attached hydrogen (secondary N) is 2. The zero-order valence-electron chi connectivity index (χ0n) is 21.4. The summed E-state index contributed by atoms with van der Waals surface area (Å²) < 4.78 is 27.4. The fourth-order valence-corrected chi connectivity index (χ4v) is 4.17. The highest BCUT2D eigenvalue weighted by atomic mass is 16.5. The quantitative estimate of drug-likeness (QED) is 0.433. The molecule has 0 saturated heterocycles. The van der Waals surface area contributed by atoms with Crippen LogP contribution in [0.15, 0.2) is 64.9 Å². The number of hydrogen-bond donors (Lipinski definition) is 2. The number of ether oxygens (including phenoxy) is 4. The highest BCUT2D eigenvalue weighted by Crippen LogP contribution is 2.41. The summed E-state index contributed by atoms with van der Waals surface area (Å²) in [6, 6.07) is 13.3. The number of amides is 2. The van der Waals surface area contributed by atoms with Crippen molar-refractivity contribution in [3.05, 3.63) is 77.4 Å². The summed E-state index contributed by atoms with van der Waals surface area (Å²) >= 11 is 0. The van der Waals surface area contributed by atoms with Crippen molar-refractivity contribution in [1.82, 2.24) is 10.6 Å². The fraction of sp³-hybridized carbons (Fsp3) is 0.286. The predicted octanol–water partition coefficient (Wildman–Crippen LogP) is 4.49. The van der Waals surface area contributed by atoms with Gasteiger partial charge in [0.15, 0.2) is 11.5 Å². The second-order valence-electron chi connectivity index (χ2n) is 9.09. The molecule has 3 aromatic rings. The van der Waals surface area contributed by atoms with Gasteiger partial charge in [-0.25, -0.2) is 0 Å². The van der Waals surface area contributed by atoms with E-state index in [1.807, 2.05) is 26.0 Å². The lowest BCUT2D eigenvalue weighted by molar-refractivity contribution is -0.119. The number of carbonyl (C=O) groups is 2. The third kappa shape index (κ3) is 5.88. The molecule has 1 aliphatic heterocycles. The van der Waals surface area contributed by atoms with Crippen molar-refractivity contribution in [2.75, 3.05) is 21.3 Å². The van der Waals surface area contributed by atoms with Crippen LogP contribution in [0.4, 0.5) is 0 Å². The van der Waals surface area contributed by atoms with Gasteiger partial charge in [-0.1, -0.05) is 0 Å². The summed E-state index contributed by atoms with van der Waals surface area (Å²) in [5.41, 5.74) is 0.594. The summed E-state index contributed by atoms with van der Waals surface area (Å²) in [5.74, 6) is 1.61. The summed E-state index contributed by atoms with van der Waals surface area (Å²) in [6.45, 7) is 3.90. The number of rotatable bonds is 8. The second kappa shape index (κ2) is 10.7. The number of carbonyl (C=O) groups excluding carboxylic acids is 2. The topological polar surface area (TPSA) is 108 Å². The summed E-state index contributed by atoms with van der Waals surface area (Å²) in [4.78, 5) is 26.7. The zero-order chi connectivity index (χ0) is 26.6. The van der Waals surface area contributed by atoms with Gasteiger partial charge in [0, 0.05) is 29.7 Å². The average Bonchev–Trinajstić information content (AvgIpc) is 3.39. The van der Waals surface area contributed by atoms with Crippen LogP contribution in [-0.4, -0.2) is 38.7 Å². The molecule has 2 heterocycles. The van der Waals surface area contributed by atoms with Crippen LogP contribution >= 0.6 is 0 Å². The Morgan fingerprint density at radius 2 is 1.78 bits per heavy atom. The lowest BCUT2D eigenvalue weighted by atomic mass is 9.89. The van der Waals surface area contributed by atoms with Crippen LogP contribution in [0.5, 0.6) is 23.0 Å². The SMILES string of the molecule is COc1ccc2c(c1)OC(C)(C)C[C@H]2NC(=O)/C(=C/c1ccco1)NC(=O)c1ccc(OC)c(OC)c1. The van der Waals surface area contributed by atoms with E-state index >= 15 is 0 Å². The van der Waals surface area contributed by atoms with Gasteiger partial charge in [0.05, 0.1) is 33.6 Å². The van der Waals surface area contributed by atoms with Gasteiger partial charge in [-0.15, -0.1) is 0 Å². The van der Waals surface area contributed by atoms with Crippen molar-refractivity contribution in [2.45, 2.75) is 31.9 Å². The van der Waals surface area contributed by atoms with Crippen molar-refractivity contribution in [1.29, 1.82) is 0 Å². The van der Waals surface area contributed by atoms with E-state index in [1.54, 1.807) is 43.5 Å². The van der Waals surface area contributed by atoms with E-state index in [2.05, 4.69) is 10.6 Å². The third-order valence-corrected chi connectivity index (χ3v) is 5.95. The molecule has 37 heavy (non-hydrogen) atoms.